The summed E-state index contributed by atoms with van der Waals surface area (Å²) < 4.78 is 0. The molecule has 1 rings (SSSR count). The standard InChI is InChI=1S/C10H11ClN2/c11-10-4-2-1-3-9(10)5-8(6-12)7-13/h1-4,8H,5-6,12H2. The van der Waals surface area contributed by atoms with Crippen LogP contribution in [0.1, 0.15) is 5.56 Å². The maximum absolute atomic E-state index is 8.71. The molecule has 1 aromatic rings. The number of hydrogen-bond acceptors (Lipinski definition) is 2. The molecule has 0 fully saturated rings. The highest BCUT2D eigenvalue weighted by molar-refractivity contribution is 6.31. The summed E-state index contributed by atoms with van der Waals surface area (Å²) in [6, 6.07) is 9.66. The van der Waals surface area contributed by atoms with Gasteiger partial charge >= 0.3 is 0 Å². The number of nitrogens with zero attached hydrogens (tertiary/aromatic N) is 1. The Bertz CT molecular complexity index is 317. The summed E-state index contributed by atoms with van der Waals surface area (Å²) >= 11 is 5.93. The van der Waals surface area contributed by atoms with E-state index >= 15 is 0 Å². The molecule has 0 bridgehead atoms. The Labute approximate surface area is 82.9 Å². The molecule has 0 spiro atoms. The van der Waals surface area contributed by atoms with Gasteiger partial charge in [0.1, 0.15) is 0 Å². The highest BCUT2D eigenvalue weighted by atomic mass is 35.5. The van der Waals surface area contributed by atoms with Crippen LogP contribution in [0.25, 0.3) is 0 Å². The number of rotatable bonds is 3. The number of hydrogen-bond donors (Lipinski definition) is 1. The van der Waals surface area contributed by atoms with Crippen LogP contribution in [-0.2, 0) is 6.42 Å². The monoisotopic (exact) mass is 194 g/mol. The zero-order valence-electron chi connectivity index (χ0n) is 7.20. The highest BCUT2D eigenvalue weighted by Crippen LogP contribution is 2.17. The van der Waals surface area contributed by atoms with Crippen molar-refractivity contribution in [2.75, 3.05) is 6.54 Å². The molecular formula is C10H11ClN2. The van der Waals surface area contributed by atoms with E-state index in [9.17, 15) is 0 Å². The van der Waals surface area contributed by atoms with Crippen LogP contribution in [0.4, 0.5) is 0 Å². The van der Waals surface area contributed by atoms with Gasteiger partial charge in [-0.3, -0.25) is 0 Å². The van der Waals surface area contributed by atoms with Crippen molar-refractivity contribution in [1.82, 2.24) is 0 Å². The smallest absolute Gasteiger partial charge is 0.0672 e. The second-order valence-corrected chi connectivity index (χ2v) is 3.26. The van der Waals surface area contributed by atoms with E-state index < -0.39 is 0 Å². The van der Waals surface area contributed by atoms with E-state index in [1.54, 1.807) is 0 Å². The fraction of sp³-hybridized carbons (Fsp3) is 0.300. The highest BCUT2D eigenvalue weighted by Gasteiger charge is 2.07. The summed E-state index contributed by atoms with van der Waals surface area (Å²) in [6.45, 7) is 0.377. The normalized spacial score (nSPS) is 12.1. The second-order valence-electron chi connectivity index (χ2n) is 2.86. The third-order valence-electron chi connectivity index (χ3n) is 1.89. The molecule has 2 nitrogen and oxygen atoms in total. The molecule has 2 N–H and O–H groups in total. The lowest BCUT2D eigenvalue weighted by atomic mass is 10.0. The van der Waals surface area contributed by atoms with Gasteiger partial charge in [0, 0.05) is 11.6 Å². The summed E-state index contributed by atoms with van der Waals surface area (Å²) in [5.41, 5.74) is 6.40. The molecular weight excluding hydrogens is 184 g/mol. The molecule has 1 unspecified atom stereocenters. The van der Waals surface area contributed by atoms with E-state index in [4.69, 9.17) is 22.6 Å². The Hall–Kier alpha value is -1.04. The molecule has 3 heteroatoms. The number of halogens is 1. The fourth-order valence-corrected chi connectivity index (χ4v) is 1.32. The predicted molar refractivity (Wildman–Crippen MR) is 53.3 cm³/mol. The number of nitrogens with two attached hydrogens (primary N) is 1. The molecule has 0 saturated heterocycles. The van der Waals surface area contributed by atoms with Gasteiger partial charge in [-0.2, -0.15) is 5.26 Å². The van der Waals surface area contributed by atoms with Gasteiger partial charge in [-0.25, -0.2) is 0 Å². The number of nitriles is 1. The molecule has 0 heterocycles. The molecule has 1 atom stereocenters. The molecule has 0 aliphatic rings. The molecule has 13 heavy (non-hydrogen) atoms. The van der Waals surface area contributed by atoms with Crippen LogP contribution in [0.15, 0.2) is 24.3 Å². The Morgan fingerprint density at radius 2 is 2.15 bits per heavy atom. The lowest BCUT2D eigenvalue weighted by Gasteiger charge is -2.06. The van der Waals surface area contributed by atoms with E-state index in [0.29, 0.717) is 18.0 Å². The Morgan fingerprint density at radius 3 is 2.69 bits per heavy atom. The first-order valence-electron chi connectivity index (χ1n) is 4.11. The molecule has 1 aromatic carbocycles. The van der Waals surface area contributed by atoms with Crippen molar-refractivity contribution in [3.05, 3.63) is 34.9 Å². The Kier molecular flexibility index (Phi) is 3.75. The first-order valence-corrected chi connectivity index (χ1v) is 4.48. The molecule has 0 radical (unpaired) electrons. The lowest BCUT2D eigenvalue weighted by molar-refractivity contribution is 0.673. The average molecular weight is 195 g/mol. The topological polar surface area (TPSA) is 49.8 Å². The third-order valence-corrected chi connectivity index (χ3v) is 2.26. The molecule has 0 aliphatic heterocycles. The molecule has 0 aromatic heterocycles. The summed E-state index contributed by atoms with van der Waals surface area (Å²) in [6.07, 6.45) is 0.632. The van der Waals surface area contributed by atoms with Crippen LogP contribution >= 0.6 is 11.6 Å². The van der Waals surface area contributed by atoms with E-state index in [-0.39, 0.29) is 5.92 Å². The van der Waals surface area contributed by atoms with Gasteiger partial charge in [0.25, 0.3) is 0 Å². The fourth-order valence-electron chi connectivity index (χ4n) is 1.11. The van der Waals surface area contributed by atoms with Crippen LogP contribution in [0.5, 0.6) is 0 Å². The summed E-state index contributed by atoms with van der Waals surface area (Å²) in [4.78, 5) is 0. The minimum absolute atomic E-state index is 0.139. The van der Waals surface area contributed by atoms with Crippen molar-refractivity contribution < 1.29 is 0 Å². The first-order chi connectivity index (χ1) is 6.27. The molecule has 0 saturated carbocycles. The van der Waals surface area contributed by atoms with Gasteiger partial charge in [0.2, 0.25) is 0 Å². The van der Waals surface area contributed by atoms with Crippen molar-refractivity contribution in [3.8, 4) is 6.07 Å². The van der Waals surface area contributed by atoms with Crippen LogP contribution < -0.4 is 5.73 Å². The zero-order valence-corrected chi connectivity index (χ0v) is 7.96. The van der Waals surface area contributed by atoms with Gasteiger partial charge in [0.15, 0.2) is 0 Å². The van der Waals surface area contributed by atoms with Crippen molar-refractivity contribution in [2.24, 2.45) is 11.7 Å². The average Bonchev–Trinajstić information content (AvgIpc) is 2.17. The van der Waals surface area contributed by atoms with Crippen LogP contribution in [-0.4, -0.2) is 6.54 Å². The number of benzene rings is 1. The van der Waals surface area contributed by atoms with E-state index in [0.717, 1.165) is 5.56 Å². The summed E-state index contributed by atoms with van der Waals surface area (Å²) in [7, 11) is 0. The maximum atomic E-state index is 8.71. The van der Waals surface area contributed by atoms with Crippen molar-refractivity contribution in [2.45, 2.75) is 6.42 Å². The van der Waals surface area contributed by atoms with Crippen molar-refractivity contribution >= 4 is 11.6 Å². The van der Waals surface area contributed by atoms with E-state index in [1.165, 1.54) is 0 Å². The predicted octanol–water partition coefficient (Wildman–Crippen LogP) is 1.98. The van der Waals surface area contributed by atoms with Gasteiger partial charge in [-0.05, 0) is 18.1 Å². The second kappa shape index (κ2) is 4.86. The largest absolute Gasteiger partial charge is 0.329 e. The SMILES string of the molecule is N#CC(CN)Cc1ccccc1Cl. The van der Waals surface area contributed by atoms with Gasteiger partial charge in [-0.1, -0.05) is 29.8 Å². The van der Waals surface area contributed by atoms with E-state index in [1.807, 2.05) is 24.3 Å². The molecule has 68 valence electrons. The Balaban J connectivity index is 2.74. The Morgan fingerprint density at radius 1 is 1.46 bits per heavy atom. The molecule has 0 aliphatic carbocycles. The van der Waals surface area contributed by atoms with Crippen LogP contribution in [0, 0.1) is 17.2 Å². The summed E-state index contributed by atoms with van der Waals surface area (Å²) in [5.74, 6) is -0.139. The van der Waals surface area contributed by atoms with Gasteiger partial charge < -0.3 is 5.73 Å². The first kappa shape index (κ1) is 10.0. The van der Waals surface area contributed by atoms with Gasteiger partial charge in [-0.15, -0.1) is 0 Å². The van der Waals surface area contributed by atoms with Crippen LogP contribution in [0.2, 0.25) is 5.02 Å². The molecule has 0 amide bonds. The van der Waals surface area contributed by atoms with Crippen molar-refractivity contribution in [3.63, 3.8) is 0 Å². The minimum atomic E-state index is -0.139. The van der Waals surface area contributed by atoms with Crippen molar-refractivity contribution in [1.29, 1.82) is 5.26 Å². The quantitative estimate of drug-likeness (QED) is 0.800. The third kappa shape index (κ3) is 2.73. The van der Waals surface area contributed by atoms with E-state index in [2.05, 4.69) is 6.07 Å². The minimum Gasteiger partial charge on any atom is -0.329 e. The zero-order chi connectivity index (χ0) is 9.68. The van der Waals surface area contributed by atoms with Crippen LogP contribution in [0.3, 0.4) is 0 Å². The summed E-state index contributed by atoms with van der Waals surface area (Å²) in [5, 5.41) is 9.41. The maximum Gasteiger partial charge on any atom is 0.0672 e. The lowest BCUT2D eigenvalue weighted by Crippen LogP contribution is -2.14. The van der Waals surface area contributed by atoms with Gasteiger partial charge in [0.05, 0.1) is 12.0 Å².